The summed E-state index contributed by atoms with van der Waals surface area (Å²) in [5.74, 6) is -1.15. The van der Waals surface area contributed by atoms with Gasteiger partial charge in [0.1, 0.15) is 6.10 Å². The molecule has 1 fully saturated rings. The highest BCUT2D eigenvalue weighted by molar-refractivity contribution is 7.61. The molecule has 0 aromatic carbocycles. The fraction of sp³-hybridized carbons (Fsp3) is 0.821. The van der Waals surface area contributed by atoms with Crippen LogP contribution in [0.15, 0.2) is 6.20 Å². The van der Waals surface area contributed by atoms with Crippen LogP contribution in [0.2, 0.25) is 0 Å². The van der Waals surface area contributed by atoms with Crippen molar-refractivity contribution in [3.8, 4) is 6.07 Å². The summed E-state index contributed by atoms with van der Waals surface area (Å²) >= 11 is 0. The van der Waals surface area contributed by atoms with Gasteiger partial charge >= 0.3 is 19.5 Å². The number of hydrogen-bond acceptors (Lipinski definition) is 14. The van der Waals surface area contributed by atoms with Crippen LogP contribution in [0.5, 0.6) is 0 Å². The molecule has 1 aromatic rings. The summed E-state index contributed by atoms with van der Waals surface area (Å²) in [4.78, 5) is 24.4. The van der Waals surface area contributed by atoms with Gasteiger partial charge in [0.2, 0.25) is 13.6 Å². The SMILES string of the molecule is CC(C)N(C(C)C)P(OCCC#N)OC1CCOC1Cn1cc(P(=O)(OCOC(=O)C(C)(C)C)OCOC(=O)C(C)(C)C)nn1. The molecule has 1 aromatic heterocycles. The molecule has 3 unspecified atom stereocenters. The fourth-order valence-electron chi connectivity index (χ4n) is 3.92. The van der Waals surface area contributed by atoms with E-state index in [1.165, 1.54) is 10.9 Å². The van der Waals surface area contributed by atoms with Crippen molar-refractivity contribution in [2.24, 2.45) is 10.8 Å². The number of carbonyl (C=O) groups excluding carboxylic acids is 2. The second-order valence-electron chi connectivity index (χ2n) is 13.0. The molecule has 0 spiro atoms. The molecule has 2 heterocycles. The molecule has 256 valence electrons. The van der Waals surface area contributed by atoms with Crippen LogP contribution in [0, 0.1) is 22.2 Å². The van der Waals surface area contributed by atoms with Gasteiger partial charge in [0.05, 0.1) is 48.8 Å². The monoisotopic (exact) mass is 677 g/mol. The quantitative estimate of drug-likeness (QED) is 0.0963. The second-order valence-corrected chi connectivity index (χ2v) is 16.4. The molecule has 0 bridgehead atoms. The van der Waals surface area contributed by atoms with Gasteiger partial charge in [-0.25, -0.2) is 9.35 Å². The van der Waals surface area contributed by atoms with E-state index in [4.69, 9.17) is 37.6 Å². The zero-order valence-corrected chi connectivity index (χ0v) is 29.8. The first-order valence-electron chi connectivity index (χ1n) is 14.9. The van der Waals surface area contributed by atoms with Gasteiger partial charge in [-0.3, -0.25) is 23.2 Å². The Morgan fingerprint density at radius 3 is 2.13 bits per heavy atom. The van der Waals surface area contributed by atoms with Crippen molar-refractivity contribution in [1.29, 1.82) is 5.26 Å². The van der Waals surface area contributed by atoms with Crippen molar-refractivity contribution < 1.29 is 46.5 Å². The van der Waals surface area contributed by atoms with Crippen molar-refractivity contribution in [1.82, 2.24) is 19.7 Å². The molecule has 0 N–H and O–H groups in total. The zero-order chi connectivity index (χ0) is 34.0. The highest BCUT2D eigenvalue weighted by Crippen LogP contribution is 2.49. The number of nitriles is 1. The van der Waals surface area contributed by atoms with Crippen LogP contribution in [-0.2, 0) is 53.0 Å². The first kappa shape index (κ1) is 39.2. The summed E-state index contributed by atoms with van der Waals surface area (Å²) < 4.78 is 56.9. The molecule has 0 radical (unpaired) electrons. The number of esters is 2. The molecule has 1 saturated heterocycles. The molecule has 0 saturated carbocycles. The lowest BCUT2D eigenvalue weighted by molar-refractivity contribution is -0.161. The van der Waals surface area contributed by atoms with Crippen LogP contribution in [0.3, 0.4) is 0 Å². The number of ether oxygens (including phenoxy) is 3. The van der Waals surface area contributed by atoms with Crippen LogP contribution < -0.4 is 5.44 Å². The predicted octanol–water partition coefficient (Wildman–Crippen LogP) is 4.67. The molecular weight excluding hydrogens is 628 g/mol. The molecule has 2 rings (SSSR count). The van der Waals surface area contributed by atoms with Crippen molar-refractivity contribution in [2.45, 2.75) is 113 Å². The largest absolute Gasteiger partial charge is 0.438 e. The van der Waals surface area contributed by atoms with Crippen LogP contribution in [0.25, 0.3) is 0 Å². The number of carbonyl (C=O) groups is 2. The third-order valence-electron chi connectivity index (χ3n) is 6.26. The predicted molar refractivity (Wildman–Crippen MR) is 165 cm³/mol. The lowest BCUT2D eigenvalue weighted by atomic mass is 9.98. The Bertz CT molecular complexity index is 1150. The summed E-state index contributed by atoms with van der Waals surface area (Å²) in [6, 6.07) is 2.37. The fourth-order valence-corrected chi connectivity index (χ4v) is 6.84. The van der Waals surface area contributed by atoms with Gasteiger partial charge < -0.3 is 23.3 Å². The van der Waals surface area contributed by atoms with E-state index in [0.717, 1.165) is 0 Å². The van der Waals surface area contributed by atoms with E-state index in [1.807, 2.05) is 0 Å². The lowest BCUT2D eigenvalue weighted by Crippen LogP contribution is -2.36. The van der Waals surface area contributed by atoms with E-state index in [-0.39, 0.29) is 43.2 Å². The molecule has 1 aliphatic heterocycles. The van der Waals surface area contributed by atoms with Gasteiger partial charge in [0.25, 0.3) is 8.53 Å². The van der Waals surface area contributed by atoms with Crippen LogP contribution >= 0.6 is 16.1 Å². The topological polar surface area (TPSA) is 174 Å². The Hall–Kier alpha value is -2.01. The molecule has 45 heavy (non-hydrogen) atoms. The van der Waals surface area contributed by atoms with Crippen LogP contribution in [0.4, 0.5) is 0 Å². The van der Waals surface area contributed by atoms with E-state index in [0.29, 0.717) is 13.0 Å². The van der Waals surface area contributed by atoms with E-state index in [1.54, 1.807) is 41.5 Å². The number of hydrogen-bond donors (Lipinski definition) is 0. The lowest BCUT2D eigenvalue weighted by Gasteiger charge is -2.37. The molecule has 15 nitrogen and oxygen atoms in total. The standard InChI is InChI=1S/C28H49N5O10P2/c1-20(2)33(21(3)4)44(40-14-11-13-29)43-22-12-15-37-23(22)16-32-17-24(30-31-32)45(36,41-18-38-25(34)27(5,6)7)42-19-39-26(35)28(8,9)10/h17,20-23H,11-12,14-16,18-19H2,1-10H3. The minimum atomic E-state index is -4.27. The van der Waals surface area contributed by atoms with E-state index < -0.39 is 58.6 Å². The Balaban J connectivity index is 2.20. The molecule has 0 amide bonds. The first-order chi connectivity index (χ1) is 20.9. The second kappa shape index (κ2) is 17.2. The van der Waals surface area contributed by atoms with Crippen LogP contribution in [-0.4, -0.2) is 82.7 Å². The molecular formula is C28H49N5O10P2. The van der Waals surface area contributed by atoms with Crippen molar-refractivity contribution >= 4 is 33.5 Å². The highest BCUT2D eigenvalue weighted by atomic mass is 31.2. The van der Waals surface area contributed by atoms with Crippen molar-refractivity contribution in [3.63, 3.8) is 0 Å². The maximum atomic E-state index is 13.8. The smallest absolute Gasteiger partial charge is 0.388 e. The summed E-state index contributed by atoms with van der Waals surface area (Å²) in [5.41, 5.74) is -1.81. The van der Waals surface area contributed by atoms with Gasteiger partial charge in [-0.1, -0.05) is 5.21 Å². The third kappa shape index (κ3) is 12.3. The minimum Gasteiger partial charge on any atom is -0.438 e. The zero-order valence-electron chi connectivity index (χ0n) is 28.0. The molecule has 17 heteroatoms. The van der Waals surface area contributed by atoms with Gasteiger partial charge in [0, 0.05) is 25.1 Å². The normalized spacial score (nSPS) is 18.4. The van der Waals surface area contributed by atoms with Gasteiger partial charge in [0.15, 0.2) is 5.44 Å². The maximum Gasteiger partial charge on any atom is 0.388 e. The molecule has 0 aliphatic carbocycles. The maximum absolute atomic E-state index is 13.8. The summed E-state index contributed by atoms with van der Waals surface area (Å²) in [7, 11) is -5.76. The Morgan fingerprint density at radius 2 is 1.64 bits per heavy atom. The van der Waals surface area contributed by atoms with Crippen molar-refractivity contribution in [3.05, 3.63) is 6.20 Å². The third-order valence-corrected chi connectivity index (χ3v) is 10.1. The van der Waals surface area contributed by atoms with E-state index in [2.05, 4.69) is 48.7 Å². The summed E-state index contributed by atoms with van der Waals surface area (Å²) in [6.45, 7) is 17.7. The summed E-state index contributed by atoms with van der Waals surface area (Å²) in [5, 5.41) is 17.1. The number of nitrogens with zero attached hydrogens (tertiary/aromatic N) is 5. The molecule has 3 atom stereocenters. The average Bonchev–Trinajstić information content (AvgIpc) is 3.57. The van der Waals surface area contributed by atoms with E-state index in [9.17, 15) is 14.2 Å². The molecule has 1 aliphatic rings. The van der Waals surface area contributed by atoms with Gasteiger partial charge in [-0.05, 0) is 69.2 Å². The summed E-state index contributed by atoms with van der Waals surface area (Å²) in [6.07, 6.45) is 1.44. The Labute approximate surface area is 267 Å². The van der Waals surface area contributed by atoms with Crippen LogP contribution in [0.1, 0.15) is 82.1 Å². The van der Waals surface area contributed by atoms with Gasteiger partial charge in [-0.2, -0.15) is 5.26 Å². The average molecular weight is 678 g/mol. The first-order valence-corrected chi connectivity index (χ1v) is 17.6. The number of rotatable bonds is 17. The van der Waals surface area contributed by atoms with Gasteiger partial charge in [-0.15, -0.1) is 5.10 Å². The Morgan fingerprint density at radius 1 is 1.09 bits per heavy atom. The number of aromatic nitrogens is 3. The Kier molecular flexibility index (Phi) is 15.0. The van der Waals surface area contributed by atoms with Crippen molar-refractivity contribution in [2.75, 3.05) is 26.8 Å². The van der Waals surface area contributed by atoms with E-state index >= 15 is 0 Å². The minimum absolute atomic E-state index is 0.135. The highest BCUT2D eigenvalue weighted by Gasteiger charge is 2.38.